The average molecular weight is 287 g/mol. The number of cyclic esters (lactones) is 1. The maximum atomic E-state index is 12.1. The van der Waals surface area contributed by atoms with Gasteiger partial charge in [0, 0.05) is 12.5 Å². The van der Waals surface area contributed by atoms with Crippen molar-refractivity contribution < 1.29 is 14.3 Å². The molecular weight excluding hydrogens is 266 g/mol. The summed E-state index contributed by atoms with van der Waals surface area (Å²) in [5, 5.41) is 0. The molecule has 4 fully saturated rings. The van der Waals surface area contributed by atoms with E-state index in [9.17, 15) is 4.79 Å². The lowest BCUT2D eigenvalue weighted by Crippen LogP contribution is -2.67. The summed E-state index contributed by atoms with van der Waals surface area (Å²) in [6, 6.07) is 10.4. The van der Waals surface area contributed by atoms with E-state index in [0.717, 1.165) is 13.0 Å². The van der Waals surface area contributed by atoms with Gasteiger partial charge >= 0.3 is 6.09 Å². The summed E-state index contributed by atoms with van der Waals surface area (Å²) in [6.45, 7) is 3.49. The molecule has 1 amide bonds. The number of amides is 1. The van der Waals surface area contributed by atoms with Crippen LogP contribution >= 0.6 is 0 Å². The Labute approximate surface area is 125 Å². The van der Waals surface area contributed by atoms with Gasteiger partial charge in [-0.2, -0.15) is 0 Å². The lowest BCUT2D eigenvalue weighted by Gasteiger charge is -2.57. The third kappa shape index (κ3) is 2.22. The fourth-order valence-electron chi connectivity index (χ4n) is 4.27. The van der Waals surface area contributed by atoms with Crippen LogP contribution in [0.2, 0.25) is 0 Å². The molecule has 0 N–H and O–H groups in total. The van der Waals surface area contributed by atoms with Crippen molar-refractivity contribution in [2.75, 3.05) is 6.54 Å². The first-order valence-electron chi connectivity index (χ1n) is 7.85. The zero-order valence-corrected chi connectivity index (χ0v) is 12.3. The third-order valence-electron chi connectivity index (χ3n) is 5.24. The molecule has 21 heavy (non-hydrogen) atoms. The summed E-state index contributed by atoms with van der Waals surface area (Å²) in [7, 11) is 0. The summed E-state index contributed by atoms with van der Waals surface area (Å²) < 4.78 is 11.6. The summed E-state index contributed by atoms with van der Waals surface area (Å²) in [6.07, 6.45) is 2.26. The monoisotopic (exact) mass is 287 g/mol. The van der Waals surface area contributed by atoms with Crippen LogP contribution in [0.4, 0.5) is 4.79 Å². The first-order chi connectivity index (χ1) is 10.2. The first-order valence-corrected chi connectivity index (χ1v) is 7.85. The van der Waals surface area contributed by atoms with Gasteiger partial charge in [0.2, 0.25) is 0 Å². The smallest absolute Gasteiger partial charge is 0.410 e. The first kappa shape index (κ1) is 13.1. The quantitative estimate of drug-likeness (QED) is 0.858. The number of fused-ring (bicyclic) bond motifs is 1. The van der Waals surface area contributed by atoms with Crippen molar-refractivity contribution in [1.82, 2.24) is 4.90 Å². The highest BCUT2D eigenvalue weighted by atomic mass is 16.6. The topological polar surface area (TPSA) is 38.8 Å². The molecule has 0 aromatic heterocycles. The van der Waals surface area contributed by atoms with E-state index in [1.165, 1.54) is 12.0 Å². The van der Waals surface area contributed by atoms with Crippen LogP contribution in [0, 0.1) is 11.8 Å². The molecule has 1 aromatic carbocycles. The molecule has 5 atom stereocenters. The molecule has 1 saturated carbocycles. The molecule has 112 valence electrons. The lowest BCUT2D eigenvalue weighted by atomic mass is 9.68. The van der Waals surface area contributed by atoms with Crippen LogP contribution in [0.3, 0.4) is 0 Å². The third-order valence-corrected chi connectivity index (χ3v) is 5.24. The van der Waals surface area contributed by atoms with E-state index in [1.807, 2.05) is 30.0 Å². The summed E-state index contributed by atoms with van der Waals surface area (Å²) in [5.74, 6) is 0.993. The van der Waals surface area contributed by atoms with Gasteiger partial charge in [0.05, 0.1) is 18.8 Å². The lowest BCUT2D eigenvalue weighted by molar-refractivity contribution is -0.163. The number of rotatable bonds is 3. The van der Waals surface area contributed by atoms with Gasteiger partial charge in [-0.1, -0.05) is 30.3 Å². The van der Waals surface area contributed by atoms with E-state index in [1.54, 1.807) is 0 Å². The van der Waals surface area contributed by atoms with Crippen molar-refractivity contribution in [2.45, 2.75) is 44.6 Å². The molecule has 4 aliphatic rings. The van der Waals surface area contributed by atoms with E-state index in [0.29, 0.717) is 18.4 Å². The highest BCUT2D eigenvalue weighted by Crippen LogP contribution is 2.45. The Balaban J connectivity index is 1.50. The minimum absolute atomic E-state index is 0.0182. The Kier molecular flexibility index (Phi) is 3.14. The molecule has 0 unspecified atom stereocenters. The number of benzene rings is 1. The molecule has 4 bridgehead atoms. The molecule has 3 aliphatic heterocycles. The number of nitrogens with zero attached hydrogens (tertiary/aromatic N) is 1. The van der Waals surface area contributed by atoms with E-state index in [2.05, 4.69) is 12.1 Å². The number of carbonyl (C=O) groups is 1. The van der Waals surface area contributed by atoms with Crippen molar-refractivity contribution >= 4 is 6.09 Å². The second kappa shape index (κ2) is 5.02. The van der Waals surface area contributed by atoms with Crippen LogP contribution in [-0.4, -0.2) is 35.8 Å². The van der Waals surface area contributed by atoms with Gasteiger partial charge < -0.3 is 14.4 Å². The SMILES string of the molecule is C[C@@H]1OC(=O)N2C[C@H]3C[C@@H]1[C@@H]2[C@@H](OCc1ccccc1)C3. The molecular formula is C17H21NO3. The van der Waals surface area contributed by atoms with E-state index >= 15 is 0 Å². The van der Waals surface area contributed by atoms with Gasteiger partial charge in [0.15, 0.2) is 0 Å². The van der Waals surface area contributed by atoms with Gasteiger partial charge in [-0.15, -0.1) is 0 Å². The van der Waals surface area contributed by atoms with Gasteiger partial charge in [-0.3, -0.25) is 0 Å². The maximum Gasteiger partial charge on any atom is 0.410 e. The van der Waals surface area contributed by atoms with E-state index < -0.39 is 0 Å². The molecule has 3 heterocycles. The van der Waals surface area contributed by atoms with E-state index in [4.69, 9.17) is 9.47 Å². The number of ether oxygens (including phenoxy) is 2. The predicted octanol–water partition coefficient (Wildman–Crippen LogP) is 2.82. The van der Waals surface area contributed by atoms with Crippen LogP contribution in [0.5, 0.6) is 0 Å². The van der Waals surface area contributed by atoms with Crippen LogP contribution in [0.15, 0.2) is 30.3 Å². The fourth-order valence-corrected chi connectivity index (χ4v) is 4.27. The van der Waals surface area contributed by atoms with Crippen molar-refractivity contribution in [1.29, 1.82) is 0 Å². The van der Waals surface area contributed by atoms with Crippen molar-refractivity contribution in [2.24, 2.45) is 11.8 Å². The highest BCUT2D eigenvalue weighted by Gasteiger charge is 2.54. The normalized spacial score (nSPS) is 37.5. The standard InChI is InChI=1S/C17H21NO3/c1-11-14-7-13-8-15(16(14)18(9-13)17(19)21-11)20-10-12-5-3-2-4-6-12/h2-6,11,13-16H,7-10H2,1H3/t11-,13-,14-,15-,16+/m0/s1. The highest BCUT2D eigenvalue weighted by molar-refractivity contribution is 5.70. The molecule has 1 aromatic rings. The van der Waals surface area contributed by atoms with Gasteiger partial charge in [0.1, 0.15) is 6.10 Å². The predicted molar refractivity (Wildman–Crippen MR) is 77.7 cm³/mol. The van der Waals surface area contributed by atoms with Crippen LogP contribution in [0.1, 0.15) is 25.3 Å². The zero-order valence-electron chi connectivity index (χ0n) is 12.3. The van der Waals surface area contributed by atoms with Gasteiger partial charge in [-0.05, 0) is 31.2 Å². The van der Waals surface area contributed by atoms with E-state index in [-0.39, 0.29) is 24.3 Å². The Morgan fingerprint density at radius 2 is 2.10 bits per heavy atom. The molecule has 0 radical (unpaired) electrons. The second-order valence-electron chi connectivity index (χ2n) is 6.57. The Morgan fingerprint density at radius 3 is 2.90 bits per heavy atom. The van der Waals surface area contributed by atoms with Crippen molar-refractivity contribution in [3.63, 3.8) is 0 Å². The maximum absolute atomic E-state index is 12.1. The van der Waals surface area contributed by atoms with Crippen molar-refractivity contribution in [3.05, 3.63) is 35.9 Å². The Morgan fingerprint density at radius 1 is 1.29 bits per heavy atom. The Hall–Kier alpha value is -1.55. The van der Waals surface area contributed by atoms with Gasteiger partial charge in [-0.25, -0.2) is 4.79 Å². The van der Waals surface area contributed by atoms with Gasteiger partial charge in [0.25, 0.3) is 0 Å². The minimum Gasteiger partial charge on any atom is -0.446 e. The Bertz CT molecular complexity index is 532. The zero-order chi connectivity index (χ0) is 14.4. The molecule has 0 spiro atoms. The van der Waals surface area contributed by atoms with Crippen LogP contribution in [-0.2, 0) is 16.1 Å². The number of hydrogen-bond acceptors (Lipinski definition) is 3. The average Bonchev–Trinajstić information content (AvgIpc) is 2.52. The fraction of sp³-hybridized carbons (Fsp3) is 0.588. The van der Waals surface area contributed by atoms with Crippen LogP contribution in [0.25, 0.3) is 0 Å². The number of carbonyl (C=O) groups excluding carboxylic acids is 1. The molecule has 4 nitrogen and oxygen atoms in total. The number of hydrogen-bond donors (Lipinski definition) is 0. The summed E-state index contributed by atoms with van der Waals surface area (Å²) in [5.41, 5.74) is 1.19. The molecule has 4 heteroatoms. The second-order valence-corrected chi connectivity index (χ2v) is 6.57. The molecule has 1 aliphatic carbocycles. The van der Waals surface area contributed by atoms with Crippen LogP contribution < -0.4 is 0 Å². The molecule has 5 rings (SSSR count). The summed E-state index contributed by atoms with van der Waals surface area (Å²) in [4.78, 5) is 14.0. The van der Waals surface area contributed by atoms with Crippen molar-refractivity contribution in [3.8, 4) is 0 Å². The molecule has 3 saturated heterocycles. The largest absolute Gasteiger partial charge is 0.446 e. The summed E-state index contributed by atoms with van der Waals surface area (Å²) >= 11 is 0. The minimum atomic E-state index is -0.151. The number of piperidine rings is 2.